The second kappa shape index (κ2) is 5.67. The summed E-state index contributed by atoms with van der Waals surface area (Å²) in [6.07, 6.45) is 6.04. The predicted molar refractivity (Wildman–Crippen MR) is 73.1 cm³/mol. The third-order valence-corrected chi connectivity index (χ3v) is 3.60. The van der Waals surface area contributed by atoms with Gasteiger partial charge in [-0.25, -0.2) is 0 Å². The molecular formula is C14H20N4O. The highest BCUT2D eigenvalue weighted by Crippen LogP contribution is 2.18. The van der Waals surface area contributed by atoms with Crippen molar-refractivity contribution in [2.45, 2.75) is 38.4 Å². The van der Waals surface area contributed by atoms with E-state index in [0.717, 1.165) is 31.0 Å². The summed E-state index contributed by atoms with van der Waals surface area (Å²) in [6.45, 7) is 3.98. The van der Waals surface area contributed by atoms with Crippen LogP contribution in [0.4, 0.5) is 0 Å². The molecule has 5 nitrogen and oxygen atoms in total. The van der Waals surface area contributed by atoms with Crippen LogP contribution in [-0.2, 0) is 11.2 Å². The molecule has 0 radical (unpaired) electrons. The lowest BCUT2D eigenvalue weighted by Gasteiger charge is -2.11. The van der Waals surface area contributed by atoms with Crippen LogP contribution in [0.2, 0.25) is 0 Å². The van der Waals surface area contributed by atoms with Crippen molar-refractivity contribution in [2.24, 2.45) is 0 Å². The molecule has 2 unspecified atom stereocenters. The van der Waals surface area contributed by atoms with Crippen LogP contribution in [0.25, 0.3) is 5.65 Å². The molecule has 1 fully saturated rings. The largest absolute Gasteiger partial charge is 0.374 e. The van der Waals surface area contributed by atoms with Gasteiger partial charge in [-0.3, -0.25) is 4.40 Å². The van der Waals surface area contributed by atoms with Gasteiger partial charge in [0.2, 0.25) is 0 Å². The van der Waals surface area contributed by atoms with Gasteiger partial charge in [0.05, 0.1) is 12.2 Å². The van der Waals surface area contributed by atoms with E-state index in [0.29, 0.717) is 12.2 Å². The summed E-state index contributed by atoms with van der Waals surface area (Å²) < 4.78 is 7.81. The fraction of sp³-hybridized carbons (Fsp3) is 0.571. The summed E-state index contributed by atoms with van der Waals surface area (Å²) in [6, 6.07) is 5.95. The lowest BCUT2D eigenvalue weighted by molar-refractivity contribution is 0.0562. The first-order valence-electron chi connectivity index (χ1n) is 6.98. The Labute approximate surface area is 113 Å². The molecule has 0 spiro atoms. The maximum absolute atomic E-state index is 5.77. The van der Waals surface area contributed by atoms with E-state index in [9.17, 15) is 0 Å². The van der Waals surface area contributed by atoms with E-state index in [1.807, 2.05) is 28.8 Å². The molecule has 0 amide bonds. The molecule has 102 valence electrons. The summed E-state index contributed by atoms with van der Waals surface area (Å²) in [7, 11) is 0. The van der Waals surface area contributed by atoms with E-state index in [2.05, 4.69) is 22.4 Å². The van der Waals surface area contributed by atoms with Crippen LogP contribution in [0.5, 0.6) is 0 Å². The van der Waals surface area contributed by atoms with Gasteiger partial charge in [-0.15, -0.1) is 10.2 Å². The minimum absolute atomic E-state index is 0.380. The Kier molecular flexibility index (Phi) is 3.75. The molecule has 0 bridgehead atoms. The Morgan fingerprint density at radius 3 is 3.16 bits per heavy atom. The number of rotatable bonds is 5. The van der Waals surface area contributed by atoms with Crippen molar-refractivity contribution in [1.29, 1.82) is 0 Å². The summed E-state index contributed by atoms with van der Waals surface area (Å²) in [5.74, 6) is 1.00. The van der Waals surface area contributed by atoms with Crippen LogP contribution in [0.3, 0.4) is 0 Å². The molecule has 2 aromatic heterocycles. The molecule has 3 rings (SSSR count). The number of hydrogen-bond acceptors (Lipinski definition) is 4. The van der Waals surface area contributed by atoms with Gasteiger partial charge in [-0.05, 0) is 31.9 Å². The molecule has 0 saturated carbocycles. The number of pyridine rings is 1. The fourth-order valence-corrected chi connectivity index (χ4v) is 2.56. The smallest absolute Gasteiger partial charge is 0.160 e. The quantitative estimate of drug-likeness (QED) is 0.826. The average Bonchev–Trinajstić information content (AvgIpc) is 3.02. The molecule has 5 heteroatoms. The highest BCUT2D eigenvalue weighted by molar-refractivity contribution is 5.36. The predicted octanol–water partition coefficient (Wildman–Crippen LogP) is 1.43. The van der Waals surface area contributed by atoms with E-state index < -0.39 is 0 Å². The lowest BCUT2D eigenvalue weighted by atomic mass is 10.2. The summed E-state index contributed by atoms with van der Waals surface area (Å²) in [5.41, 5.74) is 0.908. The van der Waals surface area contributed by atoms with Gasteiger partial charge in [0.25, 0.3) is 0 Å². The molecule has 1 N–H and O–H groups in total. The van der Waals surface area contributed by atoms with Gasteiger partial charge in [0, 0.05) is 25.7 Å². The summed E-state index contributed by atoms with van der Waals surface area (Å²) in [5, 5.41) is 11.8. The Morgan fingerprint density at radius 2 is 2.32 bits per heavy atom. The Hall–Kier alpha value is -1.46. The van der Waals surface area contributed by atoms with Crippen LogP contribution in [0.15, 0.2) is 24.4 Å². The second-order valence-corrected chi connectivity index (χ2v) is 5.15. The van der Waals surface area contributed by atoms with E-state index >= 15 is 0 Å². The van der Waals surface area contributed by atoms with Crippen molar-refractivity contribution in [3.8, 4) is 0 Å². The highest BCUT2D eigenvalue weighted by atomic mass is 16.5. The molecule has 1 saturated heterocycles. The van der Waals surface area contributed by atoms with Crippen molar-refractivity contribution in [3.05, 3.63) is 30.2 Å². The minimum atomic E-state index is 0.380. The van der Waals surface area contributed by atoms with Gasteiger partial charge >= 0.3 is 0 Å². The Bertz CT molecular complexity index is 539. The third kappa shape index (κ3) is 2.93. The van der Waals surface area contributed by atoms with Crippen LogP contribution in [0.1, 0.15) is 25.6 Å². The molecule has 0 aliphatic carbocycles. The standard InChI is InChI=1S/C14H20N4O/c1-11-5-6-12(19-11)10-15-8-7-14-17-16-13-4-2-3-9-18(13)14/h2-4,9,11-12,15H,5-8,10H2,1H3. The number of nitrogens with zero attached hydrogens (tertiary/aromatic N) is 3. The summed E-state index contributed by atoms with van der Waals surface area (Å²) in [4.78, 5) is 0. The maximum Gasteiger partial charge on any atom is 0.160 e. The third-order valence-electron chi connectivity index (χ3n) is 3.60. The first kappa shape index (κ1) is 12.6. The van der Waals surface area contributed by atoms with Crippen molar-refractivity contribution < 1.29 is 4.74 Å². The Morgan fingerprint density at radius 1 is 1.37 bits per heavy atom. The number of ether oxygens (including phenoxy) is 1. The Balaban J connectivity index is 1.47. The van der Waals surface area contributed by atoms with Gasteiger partial charge in [-0.1, -0.05) is 6.07 Å². The first-order chi connectivity index (χ1) is 9.33. The van der Waals surface area contributed by atoms with Crippen molar-refractivity contribution in [3.63, 3.8) is 0 Å². The van der Waals surface area contributed by atoms with Gasteiger partial charge in [0.1, 0.15) is 5.82 Å². The van der Waals surface area contributed by atoms with Crippen LogP contribution >= 0.6 is 0 Å². The van der Waals surface area contributed by atoms with Crippen molar-refractivity contribution in [2.75, 3.05) is 13.1 Å². The van der Waals surface area contributed by atoms with E-state index in [4.69, 9.17) is 4.74 Å². The zero-order valence-corrected chi connectivity index (χ0v) is 11.2. The maximum atomic E-state index is 5.77. The van der Waals surface area contributed by atoms with Gasteiger partial charge < -0.3 is 10.1 Å². The van der Waals surface area contributed by atoms with Gasteiger partial charge in [0.15, 0.2) is 5.65 Å². The topological polar surface area (TPSA) is 51.5 Å². The van der Waals surface area contributed by atoms with Crippen molar-refractivity contribution >= 4 is 5.65 Å². The molecule has 1 aliphatic rings. The molecular weight excluding hydrogens is 240 g/mol. The summed E-state index contributed by atoms with van der Waals surface area (Å²) >= 11 is 0. The number of nitrogens with one attached hydrogen (secondary N) is 1. The lowest BCUT2D eigenvalue weighted by Crippen LogP contribution is -2.28. The molecule has 19 heavy (non-hydrogen) atoms. The van der Waals surface area contributed by atoms with E-state index in [-0.39, 0.29) is 0 Å². The average molecular weight is 260 g/mol. The van der Waals surface area contributed by atoms with Crippen LogP contribution in [-0.4, -0.2) is 39.9 Å². The van der Waals surface area contributed by atoms with Crippen LogP contribution < -0.4 is 5.32 Å². The molecule has 2 aromatic rings. The first-order valence-corrected chi connectivity index (χ1v) is 6.98. The van der Waals surface area contributed by atoms with E-state index in [1.165, 1.54) is 12.8 Å². The molecule has 3 heterocycles. The number of hydrogen-bond donors (Lipinski definition) is 1. The van der Waals surface area contributed by atoms with Gasteiger partial charge in [-0.2, -0.15) is 0 Å². The monoisotopic (exact) mass is 260 g/mol. The molecule has 1 aliphatic heterocycles. The number of aromatic nitrogens is 3. The SMILES string of the molecule is CC1CCC(CNCCc2nnc3ccccn23)O1. The van der Waals surface area contributed by atoms with Crippen molar-refractivity contribution in [1.82, 2.24) is 19.9 Å². The normalized spacial score (nSPS) is 23.2. The zero-order chi connectivity index (χ0) is 13.1. The highest BCUT2D eigenvalue weighted by Gasteiger charge is 2.20. The molecule has 0 aromatic carbocycles. The van der Waals surface area contributed by atoms with E-state index in [1.54, 1.807) is 0 Å². The fourth-order valence-electron chi connectivity index (χ4n) is 2.56. The minimum Gasteiger partial charge on any atom is -0.374 e. The molecule has 2 atom stereocenters. The number of fused-ring (bicyclic) bond motifs is 1. The zero-order valence-electron chi connectivity index (χ0n) is 11.2. The second-order valence-electron chi connectivity index (χ2n) is 5.15. The van der Waals surface area contributed by atoms with Crippen LogP contribution in [0, 0.1) is 0 Å².